The van der Waals surface area contributed by atoms with Gasteiger partial charge in [0.1, 0.15) is 29.1 Å². The Morgan fingerprint density at radius 1 is 0.912 bits per heavy atom. The molecule has 4 rings (SSSR count). The molecule has 7 nitrogen and oxygen atoms in total. The van der Waals surface area contributed by atoms with Crippen molar-refractivity contribution in [2.45, 2.75) is 20.3 Å². The van der Waals surface area contributed by atoms with Crippen LogP contribution in [0.3, 0.4) is 0 Å². The van der Waals surface area contributed by atoms with E-state index in [2.05, 4.69) is 5.32 Å². The van der Waals surface area contributed by atoms with E-state index in [0.29, 0.717) is 34.8 Å². The third-order valence-corrected chi connectivity index (χ3v) is 5.11. The van der Waals surface area contributed by atoms with Gasteiger partial charge in [0, 0.05) is 11.8 Å². The molecule has 1 aromatic heterocycles. The molecule has 174 valence electrons. The summed E-state index contributed by atoms with van der Waals surface area (Å²) >= 11 is 0. The number of benzene rings is 3. The van der Waals surface area contributed by atoms with E-state index in [1.54, 1.807) is 42.5 Å². The lowest BCUT2D eigenvalue weighted by molar-refractivity contribution is -0.118. The van der Waals surface area contributed by atoms with Crippen LogP contribution in [0.2, 0.25) is 0 Å². The first-order valence-corrected chi connectivity index (χ1v) is 11.0. The Hall–Kier alpha value is -4.26. The van der Waals surface area contributed by atoms with Gasteiger partial charge in [-0.25, -0.2) is 0 Å². The average Bonchev–Trinajstić information content (AvgIpc) is 2.86. The van der Waals surface area contributed by atoms with E-state index in [9.17, 15) is 9.59 Å². The predicted molar refractivity (Wildman–Crippen MR) is 130 cm³/mol. The van der Waals surface area contributed by atoms with Gasteiger partial charge in [-0.3, -0.25) is 9.59 Å². The standard InChI is InChI=1S/C27H25NO6/c1-3-18-7-5-6-8-23(18)34-25-16-33-24-15-21(13-14-22(24)27(25)30)32-17-26(29)28-19-9-11-20(12-10-19)31-4-2/h5-16H,3-4,17H2,1-2H3,(H,28,29). The van der Waals surface area contributed by atoms with E-state index in [4.69, 9.17) is 18.6 Å². The fraction of sp³-hybridized carbons (Fsp3) is 0.185. The molecule has 0 atom stereocenters. The molecule has 0 spiro atoms. The number of carbonyl (C=O) groups is 1. The summed E-state index contributed by atoms with van der Waals surface area (Å²) in [6.45, 7) is 4.31. The minimum atomic E-state index is -0.316. The van der Waals surface area contributed by atoms with Gasteiger partial charge in [-0.2, -0.15) is 0 Å². The van der Waals surface area contributed by atoms with Crippen LogP contribution in [0.5, 0.6) is 23.0 Å². The molecule has 0 aliphatic carbocycles. The van der Waals surface area contributed by atoms with Crippen molar-refractivity contribution in [1.29, 1.82) is 0 Å². The molecule has 0 fully saturated rings. The predicted octanol–water partition coefficient (Wildman–Crippen LogP) is 5.56. The number of rotatable bonds is 9. The topological polar surface area (TPSA) is 87.0 Å². The second-order valence-electron chi connectivity index (χ2n) is 7.44. The van der Waals surface area contributed by atoms with Gasteiger partial charge in [0.15, 0.2) is 6.61 Å². The molecule has 3 aromatic carbocycles. The Morgan fingerprint density at radius 2 is 1.68 bits per heavy atom. The third-order valence-electron chi connectivity index (χ3n) is 5.11. The van der Waals surface area contributed by atoms with Crippen LogP contribution < -0.4 is 25.0 Å². The molecule has 0 saturated carbocycles. The molecule has 1 N–H and O–H groups in total. The molecular formula is C27H25NO6. The van der Waals surface area contributed by atoms with Crippen LogP contribution in [0.25, 0.3) is 11.0 Å². The number of anilines is 1. The highest BCUT2D eigenvalue weighted by Crippen LogP contribution is 2.26. The van der Waals surface area contributed by atoms with Gasteiger partial charge >= 0.3 is 0 Å². The van der Waals surface area contributed by atoms with E-state index >= 15 is 0 Å². The van der Waals surface area contributed by atoms with Crippen LogP contribution in [0.4, 0.5) is 5.69 Å². The Morgan fingerprint density at radius 3 is 2.44 bits per heavy atom. The number of nitrogens with one attached hydrogen (secondary N) is 1. The summed E-state index contributed by atoms with van der Waals surface area (Å²) < 4.78 is 22.4. The quantitative estimate of drug-likeness (QED) is 0.352. The van der Waals surface area contributed by atoms with Gasteiger partial charge in [-0.1, -0.05) is 25.1 Å². The number of carbonyl (C=O) groups excluding carboxylic acids is 1. The van der Waals surface area contributed by atoms with Gasteiger partial charge in [0.2, 0.25) is 11.2 Å². The fourth-order valence-electron chi connectivity index (χ4n) is 3.41. The Balaban J connectivity index is 1.42. The third kappa shape index (κ3) is 5.38. The zero-order valence-corrected chi connectivity index (χ0v) is 19.0. The van der Waals surface area contributed by atoms with Crippen LogP contribution in [0.15, 0.2) is 82.2 Å². The minimum Gasteiger partial charge on any atom is -0.494 e. The van der Waals surface area contributed by atoms with Crippen LogP contribution in [0, 0.1) is 0 Å². The smallest absolute Gasteiger partial charge is 0.262 e. The average molecular weight is 459 g/mol. The molecule has 7 heteroatoms. The molecule has 0 bridgehead atoms. The zero-order valence-electron chi connectivity index (χ0n) is 19.0. The first-order chi connectivity index (χ1) is 16.6. The summed E-state index contributed by atoms with van der Waals surface area (Å²) in [7, 11) is 0. The maximum atomic E-state index is 12.9. The van der Waals surface area contributed by atoms with Crippen LogP contribution in [-0.4, -0.2) is 19.1 Å². The molecule has 1 heterocycles. The lowest BCUT2D eigenvalue weighted by Gasteiger charge is -2.10. The molecule has 4 aromatic rings. The molecule has 0 aliphatic heterocycles. The fourth-order valence-corrected chi connectivity index (χ4v) is 3.41. The highest BCUT2D eigenvalue weighted by Gasteiger charge is 2.12. The van der Waals surface area contributed by atoms with Crippen molar-refractivity contribution in [3.05, 3.63) is 88.8 Å². The largest absolute Gasteiger partial charge is 0.494 e. The maximum Gasteiger partial charge on any atom is 0.262 e. The monoisotopic (exact) mass is 459 g/mol. The number of hydrogen-bond acceptors (Lipinski definition) is 6. The highest BCUT2D eigenvalue weighted by molar-refractivity contribution is 5.92. The van der Waals surface area contributed by atoms with E-state index in [1.165, 1.54) is 6.26 Å². The minimum absolute atomic E-state index is 0.108. The maximum absolute atomic E-state index is 12.9. The Labute approximate surface area is 196 Å². The van der Waals surface area contributed by atoms with Crippen molar-refractivity contribution in [3.63, 3.8) is 0 Å². The summed E-state index contributed by atoms with van der Waals surface area (Å²) in [5.74, 6) is 1.55. The summed E-state index contributed by atoms with van der Waals surface area (Å²) in [4.78, 5) is 25.1. The lowest BCUT2D eigenvalue weighted by atomic mass is 10.1. The van der Waals surface area contributed by atoms with Crippen molar-refractivity contribution in [1.82, 2.24) is 0 Å². The molecule has 0 aliphatic rings. The lowest BCUT2D eigenvalue weighted by Crippen LogP contribution is -2.20. The zero-order chi connectivity index (χ0) is 23.9. The van der Waals surface area contributed by atoms with Crippen molar-refractivity contribution >= 4 is 22.6 Å². The van der Waals surface area contributed by atoms with E-state index < -0.39 is 0 Å². The van der Waals surface area contributed by atoms with Gasteiger partial charge in [0.05, 0.1) is 12.0 Å². The van der Waals surface area contributed by atoms with Crippen LogP contribution in [-0.2, 0) is 11.2 Å². The van der Waals surface area contributed by atoms with Gasteiger partial charge in [0.25, 0.3) is 5.91 Å². The van der Waals surface area contributed by atoms with Crippen molar-refractivity contribution < 1.29 is 23.4 Å². The van der Waals surface area contributed by atoms with Crippen molar-refractivity contribution in [2.75, 3.05) is 18.5 Å². The first-order valence-electron chi connectivity index (χ1n) is 11.0. The summed E-state index contributed by atoms with van der Waals surface area (Å²) in [5, 5.41) is 3.12. The van der Waals surface area contributed by atoms with Gasteiger partial charge in [-0.05, 0) is 61.4 Å². The number of amides is 1. The second kappa shape index (κ2) is 10.6. The molecule has 0 unspecified atom stereocenters. The number of aryl methyl sites for hydroxylation is 1. The number of para-hydroxylation sites is 1. The number of fused-ring (bicyclic) bond motifs is 1. The van der Waals surface area contributed by atoms with Gasteiger partial charge in [-0.15, -0.1) is 0 Å². The van der Waals surface area contributed by atoms with E-state index in [0.717, 1.165) is 17.7 Å². The summed E-state index contributed by atoms with van der Waals surface area (Å²) in [6.07, 6.45) is 2.07. The molecule has 1 amide bonds. The molecule has 0 saturated heterocycles. The Bertz CT molecular complexity index is 1340. The molecular weight excluding hydrogens is 434 g/mol. The van der Waals surface area contributed by atoms with E-state index in [-0.39, 0.29) is 23.7 Å². The molecule has 0 radical (unpaired) electrons. The Kier molecular flexibility index (Phi) is 7.13. The molecule has 34 heavy (non-hydrogen) atoms. The van der Waals surface area contributed by atoms with Crippen LogP contribution >= 0.6 is 0 Å². The number of hydrogen-bond donors (Lipinski definition) is 1. The normalized spacial score (nSPS) is 10.6. The second-order valence-corrected chi connectivity index (χ2v) is 7.44. The van der Waals surface area contributed by atoms with E-state index in [1.807, 2.05) is 38.1 Å². The highest BCUT2D eigenvalue weighted by atomic mass is 16.5. The SMILES string of the molecule is CCOc1ccc(NC(=O)COc2ccc3c(=O)c(Oc4ccccc4CC)coc3c2)cc1. The van der Waals surface area contributed by atoms with Crippen molar-refractivity contribution in [3.8, 4) is 23.0 Å². The summed E-state index contributed by atoms with van der Waals surface area (Å²) in [5.41, 5.74) is 1.69. The van der Waals surface area contributed by atoms with Crippen molar-refractivity contribution in [2.24, 2.45) is 0 Å². The van der Waals surface area contributed by atoms with Gasteiger partial charge < -0.3 is 23.9 Å². The first kappa shape index (κ1) is 22.9. The number of ether oxygens (including phenoxy) is 3. The van der Waals surface area contributed by atoms with Crippen LogP contribution in [0.1, 0.15) is 19.4 Å². The summed E-state index contributed by atoms with van der Waals surface area (Å²) in [6, 6.07) is 19.4.